The molecule has 1 aliphatic carbocycles. The first-order chi connectivity index (χ1) is 9.69. The van der Waals surface area contributed by atoms with E-state index in [0.29, 0.717) is 5.92 Å². The zero-order valence-corrected chi connectivity index (χ0v) is 13.2. The highest BCUT2D eigenvalue weighted by Gasteiger charge is 2.22. The summed E-state index contributed by atoms with van der Waals surface area (Å²) in [5.41, 5.74) is 10.5. The topological polar surface area (TPSA) is 51.8 Å². The first kappa shape index (κ1) is 13.7. The molecule has 0 spiro atoms. The van der Waals surface area contributed by atoms with Crippen molar-refractivity contribution in [1.82, 2.24) is 9.97 Å². The predicted octanol–water partition coefficient (Wildman–Crippen LogP) is 3.28. The molecule has 1 aromatic carbocycles. The fourth-order valence-corrected chi connectivity index (χ4v) is 3.29. The number of rotatable bonds is 2. The summed E-state index contributed by atoms with van der Waals surface area (Å²) in [5.74, 6) is 1.40. The van der Waals surface area contributed by atoms with Gasteiger partial charge in [-0.1, -0.05) is 34.1 Å². The Bertz CT molecular complexity index is 640. The molecule has 3 nitrogen and oxygen atoms in total. The number of hydrogen-bond acceptors (Lipinski definition) is 3. The van der Waals surface area contributed by atoms with E-state index in [2.05, 4.69) is 28.9 Å². The normalized spacial score (nSPS) is 17.9. The molecule has 0 fully saturated rings. The van der Waals surface area contributed by atoms with Crippen LogP contribution in [0.1, 0.15) is 23.4 Å². The SMILES string of the molecule is Cc1nc(-c2ccccc2Br)nc2c1CC(CN)CC2. The van der Waals surface area contributed by atoms with Crippen LogP contribution in [0.2, 0.25) is 0 Å². The molecule has 2 aromatic rings. The maximum atomic E-state index is 5.80. The van der Waals surface area contributed by atoms with Crippen molar-refractivity contribution in [3.8, 4) is 11.4 Å². The van der Waals surface area contributed by atoms with Crippen LogP contribution in [0.15, 0.2) is 28.7 Å². The number of benzene rings is 1. The van der Waals surface area contributed by atoms with Crippen molar-refractivity contribution in [2.75, 3.05) is 6.54 Å². The molecule has 0 saturated carbocycles. The van der Waals surface area contributed by atoms with Gasteiger partial charge in [-0.3, -0.25) is 0 Å². The van der Waals surface area contributed by atoms with Crippen molar-refractivity contribution in [2.45, 2.75) is 26.2 Å². The van der Waals surface area contributed by atoms with E-state index in [-0.39, 0.29) is 0 Å². The second-order valence-electron chi connectivity index (χ2n) is 5.38. The van der Waals surface area contributed by atoms with Crippen LogP contribution >= 0.6 is 15.9 Å². The molecule has 2 N–H and O–H groups in total. The zero-order valence-electron chi connectivity index (χ0n) is 11.6. The maximum Gasteiger partial charge on any atom is 0.160 e. The summed E-state index contributed by atoms with van der Waals surface area (Å²) in [6.07, 6.45) is 3.17. The van der Waals surface area contributed by atoms with E-state index >= 15 is 0 Å². The molecule has 0 saturated heterocycles. The Hall–Kier alpha value is -1.26. The third-order valence-electron chi connectivity index (χ3n) is 4.03. The van der Waals surface area contributed by atoms with Gasteiger partial charge >= 0.3 is 0 Å². The molecule has 0 radical (unpaired) electrons. The van der Waals surface area contributed by atoms with Crippen molar-refractivity contribution in [3.63, 3.8) is 0 Å². The van der Waals surface area contributed by atoms with E-state index in [1.165, 1.54) is 11.3 Å². The Kier molecular flexibility index (Phi) is 3.85. The smallest absolute Gasteiger partial charge is 0.160 e. The molecule has 0 aliphatic heterocycles. The van der Waals surface area contributed by atoms with Gasteiger partial charge in [-0.05, 0) is 50.3 Å². The van der Waals surface area contributed by atoms with Crippen LogP contribution in [-0.4, -0.2) is 16.5 Å². The number of aromatic nitrogens is 2. The van der Waals surface area contributed by atoms with Crippen molar-refractivity contribution in [3.05, 3.63) is 45.7 Å². The quantitative estimate of drug-likeness (QED) is 0.918. The molecule has 4 heteroatoms. The average molecular weight is 332 g/mol. The first-order valence-electron chi connectivity index (χ1n) is 7.00. The van der Waals surface area contributed by atoms with Crippen LogP contribution in [0.5, 0.6) is 0 Å². The number of fused-ring (bicyclic) bond motifs is 1. The number of nitrogens with zero attached hydrogens (tertiary/aromatic N) is 2. The van der Waals surface area contributed by atoms with Crippen LogP contribution in [0.4, 0.5) is 0 Å². The minimum atomic E-state index is 0.583. The minimum absolute atomic E-state index is 0.583. The van der Waals surface area contributed by atoms with Gasteiger partial charge < -0.3 is 5.73 Å². The molecule has 1 aliphatic rings. The van der Waals surface area contributed by atoms with E-state index in [9.17, 15) is 0 Å². The van der Waals surface area contributed by atoms with E-state index in [1.807, 2.05) is 18.2 Å². The van der Waals surface area contributed by atoms with Crippen LogP contribution < -0.4 is 5.73 Å². The number of nitrogens with two attached hydrogens (primary N) is 1. The van der Waals surface area contributed by atoms with Crippen LogP contribution in [0.3, 0.4) is 0 Å². The van der Waals surface area contributed by atoms with E-state index in [4.69, 9.17) is 15.7 Å². The van der Waals surface area contributed by atoms with E-state index in [1.54, 1.807) is 0 Å². The Morgan fingerprint density at radius 2 is 2.10 bits per heavy atom. The number of hydrogen-bond donors (Lipinski definition) is 1. The fourth-order valence-electron chi connectivity index (χ4n) is 2.82. The standard InChI is InChI=1S/C16H18BrN3/c1-10-13-8-11(9-18)6-7-15(13)20-16(19-10)12-4-2-3-5-14(12)17/h2-5,11H,6-9,18H2,1H3. The first-order valence-corrected chi connectivity index (χ1v) is 7.79. The summed E-state index contributed by atoms with van der Waals surface area (Å²) in [6, 6.07) is 8.10. The molecular formula is C16H18BrN3. The van der Waals surface area contributed by atoms with Gasteiger partial charge in [0, 0.05) is 21.4 Å². The molecule has 1 atom stereocenters. The second-order valence-corrected chi connectivity index (χ2v) is 6.24. The number of aryl methyl sites for hydroxylation is 2. The van der Waals surface area contributed by atoms with Gasteiger partial charge in [0.05, 0.1) is 0 Å². The summed E-state index contributed by atoms with van der Waals surface area (Å²) < 4.78 is 1.04. The molecule has 1 heterocycles. The molecule has 20 heavy (non-hydrogen) atoms. The van der Waals surface area contributed by atoms with Gasteiger partial charge in [-0.25, -0.2) is 9.97 Å². The summed E-state index contributed by atoms with van der Waals surface area (Å²) in [7, 11) is 0. The van der Waals surface area contributed by atoms with Crippen molar-refractivity contribution < 1.29 is 0 Å². The van der Waals surface area contributed by atoms with Crippen molar-refractivity contribution >= 4 is 15.9 Å². The lowest BCUT2D eigenvalue weighted by Gasteiger charge is -2.24. The minimum Gasteiger partial charge on any atom is -0.330 e. The monoisotopic (exact) mass is 331 g/mol. The lowest BCUT2D eigenvalue weighted by molar-refractivity contribution is 0.460. The third kappa shape index (κ3) is 2.50. The molecule has 1 aromatic heterocycles. The van der Waals surface area contributed by atoms with Gasteiger partial charge in [0.25, 0.3) is 0 Å². The van der Waals surface area contributed by atoms with Crippen molar-refractivity contribution in [1.29, 1.82) is 0 Å². The summed E-state index contributed by atoms with van der Waals surface area (Å²) in [6.45, 7) is 2.84. The van der Waals surface area contributed by atoms with E-state index in [0.717, 1.165) is 47.4 Å². The van der Waals surface area contributed by atoms with Gasteiger partial charge in [0.15, 0.2) is 5.82 Å². The van der Waals surface area contributed by atoms with Crippen molar-refractivity contribution in [2.24, 2.45) is 11.7 Å². The fraction of sp³-hybridized carbons (Fsp3) is 0.375. The third-order valence-corrected chi connectivity index (χ3v) is 4.72. The van der Waals surface area contributed by atoms with Crippen LogP contribution in [0.25, 0.3) is 11.4 Å². The second kappa shape index (κ2) is 5.62. The zero-order chi connectivity index (χ0) is 14.1. The van der Waals surface area contributed by atoms with Gasteiger partial charge in [-0.15, -0.1) is 0 Å². The Labute approximate surface area is 127 Å². The van der Waals surface area contributed by atoms with Crippen LogP contribution in [-0.2, 0) is 12.8 Å². The Balaban J connectivity index is 2.05. The predicted molar refractivity (Wildman–Crippen MR) is 84.5 cm³/mol. The molecule has 3 rings (SSSR count). The molecule has 0 amide bonds. The van der Waals surface area contributed by atoms with Crippen LogP contribution in [0, 0.1) is 12.8 Å². The maximum absolute atomic E-state index is 5.80. The lowest BCUT2D eigenvalue weighted by Crippen LogP contribution is -2.24. The highest BCUT2D eigenvalue weighted by Crippen LogP contribution is 2.30. The summed E-state index contributed by atoms with van der Waals surface area (Å²) >= 11 is 3.58. The lowest BCUT2D eigenvalue weighted by atomic mass is 9.86. The van der Waals surface area contributed by atoms with E-state index < -0.39 is 0 Å². The molecule has 0 bridgehead atoms. The Morgan fingerprint density at radius 1 is 1.30 bits per heavy atom. The Morgan fingerprint density at radius 3 is 2.85 bits per heavy atom. The molecule has 1 unspecified atom stereocenters. The molecular weight excluding hydrogens is 314 g/mol. The average Bonchev–Trinajstić information content (AvgIpc) is 2.47. The highest BCUT2D eigenvalue weighted by molar-refractivity contribution is 9.10. The number of halogens is 1. The largest absolute Gasteiger partial charge is 0.330 e. The highest BCUT2D eigenvalue weighted by atomic mass is 79.9. The van der Waals surface area contributed by atoms with Gasteiger partial charge in [0.2, 0.25) is 0 Å². The summed E-state index contributed by atoms with van der Waals surface area (Å²) in [4.78, 5) is 9.50. The van der Waals surface area contributed by atoms with Gasteiger partial charge in [0.1, 0.15) is 0 Å². The molecule has 104 valence electrons. The van der Waals surface area contributed by atoms with Gasteiger partial charge in [-0.2, -0.15) is 0 Å². The summed E-state index contributed by atoms with van der Waals surface area (Å²) in [5, 5.41) is 0.